The van der Waals surface area contributed by atoms with Gasteiger partial charge in [0.1, 0.15) is 34.1 Å². The van der Waals surface area contributed by atoms with Gasteiger partial charge in [-0.05, 0) is 47.5 Å². The zero-order chi connectivity index (χ0) is 46.0. The van der Waals surface area contributed by atoms with Crippen molar-refractivity contribution in [2.75, 3.05) is 13.2 Å². The Kier molecular flexibility index (Phi) is 13.1. The van der Waals surface area contributed by atoms with E-state index in [9.17, 15) is 70.2 Å². The summed E-state index contributed by atoms with van der Waals surface area (Å²) in [5, 5.41) is 0. The van der Waals surface area contributed by atoms with Crippen LogP contribution in [0.25, 0.3) is 22.3 Å². The van der Waals surface area contributed by atoms with Crippen molar-refractivity contribution in [3.05, 3.63) is 166 Å². The highest BCUT2D eigenvalue weighted by Crippen LogP contribution is 2.40. The first kappa shape index (κ1) is 45.9. The normalized spacial score (nSPS) is 12.1. The van der Waals surface area contributed by atoms with Crippen LogP contribution < -0.4 is 18.9 Å². The van der Waals surface area contributed by atoms with Crippen molar-refractivity contribution in [3.8, 4) is 45.3 Å². The number of hydrogen-bond donors (Lipinski definition) is 0. The lowest BCUT2D eigenvalue weighted by Gasteiger charge is -2.20. The summed E-state index contributed by atoms with van der Waals surface area (Å²) >= 11 is 0. The third-order valence-corrected chi connectivity index (χ3v) is 9.00. The van der Waals surface area contributed by atoms with Gasteiger partial charge in [-0.25, -0.2) is 52.7 Å². The van der Waals surface area contributed by atoms with Gasteiger partial charge < -0.3 is 18.9 Å². The molecule has 0 aliphatic rings. The monoisotopic (exact) mass is 908 g/mol. The zero-order valence-electron chi connectivity index (χ0n) is 31.2. The Balaban J connectivity index is 0.989. The highest BCUT2D eigenvalue weighted by atomic mass is 19.3. The number of benzene rings is 6. The third-order valence-electron chi connectivity index (χ3n) is 9.00. The van der Waals surface area contributed by atoms with Gasteiger partial charge in [-0.1, -0.05) is 36.4 Å². The summed E-state index contributed by atoms with van der Waals surface area (Å²) in [7, 11) is 0. The van der Waals surface area contributed by atoms with Crippen LogP contribution in [0.4, 0.5) is 70.2 Å². The molecule has 332 valence electrons. The molecule has 0 aromatic heterocycles. The van der Waals surface area contributed by atoms with Gasteiger partial charge in [0.25, 0.3) is 5.92 Å². The van der Waals surface area contributed by atoms with Gasteiger partial charge in [0.15, 0.2) is 58.2 Å². The molecule has 0 heterocycles. The van der Waals surface area contributed by atoms with Gasteiger partial charge in [-0.3, -0.25) is 0 Å². The SMILES string of the molecule is Fc1cc(OC(F)(F)c2ccc(-c3ccc(OCCC(F)(F)CCOc4ccc(-c5ccc(C(F)(F)Oc6cc(F)c(F)c(F)c6)c(F)c5F)cc4)cc3)c(F)c2F)cc(F)c1F. The lowest BCUT2D eigenvalue weighted by molar-refractivity contribution is -0.188. The van der Waals surface area contributed by atoms with Gasteiger partial charge in [0.2, 0.25) is 0 Å². The van der Waals surface area contributed by atoms with Crippen molar-refractivity contribution in [3.63, 3.8) is 0 Å². The molecule has 6 aromatic carbocycles. The van der Waals surface area contributed by atoms with E-state index in [2.05, 4.69) is 9.47 Å². The Morgan fingerprint density at radius 1 is 0.349 bits per heavy atom. The van der Waals surface area contributed by atoms with Crippen LogP contribution in [0.15, 0.2) is 97.1 Å². The van der Waals surface area contributed by atoms with Crippen LogP contribution in [0.5, 0.6) is 23.0 Å². The number of halogens is 16. The minimum atomic E-state index is -4.67. The third kappa shape index (κ3) is 10.4. The van der Waals surface area contributed by atoms with E-state index in [1.807, 2.05) is 0 Å². The number of alkyl halides is 6. The van der Waals surface area contributed by atoms with Crippen LogP contribution in [-0.4, -0.2) is 19.1 Å². The molecule has 0 fully saturated rings. The zero-order valence-corrected chi connectivity index (χ0v) is 31.2. The molecule has 0 saturated carbocycles. The van der Waals surface area contributed by atoms with Crippen molar-refractivity contribution in [1.29, 1.82) is 0 Å². The average Bonchev–Trinajstić information content (AvgIpc) is 3.21. The number of rotatable bonds is 16. The second kappa shape index (κ2) is 18.0. The lowest BCUT2D eigenvalue weighted by Crippen LogP contribution is -2.24. The van der Waals surface area contributed by atoms with Crippen molar-refractivity contribution < 1.29 is 89.2 Å². The summed E-state index contributed by atoms with van der Waals surface area (Å²) in [4.78, 5) is 0. The largest absolute Gasteiger partial charge is 0.493 e. The summed E-state index contributed by atoms with van der Waals surface area (Å²) in [6.07, 6.45) is -11.0. The van der Waals surface area contributed by atoms with Crippen molar-refractivity contribution in [1.82, 2.24) is 0 Å². The second-order valence-electron chi connectivity index (χ2n) is 13.3. The molecule has 63 heavy (non-hydrogen) atoms. The minimum Gasteiger partial charge on any atom is -0.493 e. The molecular formula is C43H24F16O4. The molecule has 6 rings (SSSR count). The van der Waals surface area contributed by atoms with E-state index < -0.39 is 136 Å². The van der Waals surface area contributed by atoms with Crippen LogP contribution in [0.1, 0.15) is 24.0 Å². The van der Waals surface area contributed by atoms with Crippen molar-refractivity contribution in [2.24, 2.45) is 0 Å². The molecule has 0 atom stereocenters. The van der Waals surface area contributed by atoms with Crippen LogP contribution in [0.3, 0.4) is 0 Å². The average molecular weight is 909 g/mol. The Labute approximate surface area is 344 Å². The van der Waals surface area contributed by atoms with Gasteiger partial charge in [0.05, 0.1) is 13.2 Å². The highest BCUT2D eigenvalue weighted by Gasteiger charge is 2.41. The summed E-state index contributed by atoms with van der Waals surface area (Å²) < 4.78 is 246. The molecular weight excluding hydrogens is 884 g/mol. The quantitative estimate of drug-likeness (QED) is 0.0716. The maximum Gasteiger partial charge on any atom is 0.429 e. The first-order valence-electron chi connectivity index (χ1n) is 17.8. The number of ether oxygens (including phenoxy) is 4. The maximum absolute atomic E-state index is 14.9. The summed E-state index contributed by atoms with van der Waals surface area (Å²) in [6.45, 7) is -1.09. The molecule has 0 unspecified atom stereocenters. The molecule has 20 heteroatoms. The van der Waals surface area contributed by atoms with Crippen LogP contribution >= 0.6 is 0 Å². The van der Waals surface area contributed by atoms with Crippen molar-refractivity contribution in [2.45, 2.75) is 31.0 Å². The fourth-order valence-corrected chi connectivity index (χ4v) is 5.81. The first-order chi connectivity index (χ1) is 29.6. The lowest BCUT2D eigenvalue weighted by atomic mass is 10.0. The highest BCUT2D eigenvalue weighted by molar-refractivity contribution is 5.66. The van der Waals surface area contributed by atoms with E-state index in [-0.39, 0.29) is 46.9 Å². The van der Waals surface area contributed by atoms with Crippen molar-refractivity contribution >= 4 is 0 Å². The van der Waals surface area contributed by atoms with Gasteiger partial charge in [-0.15, -0.1) is 0 Å². The molecule has 0 saturated heterocycles. The fourth-order valence-electron chi connectivity index (χ4n) is 5.81. The Morgan fingerprint density at radius 2 is 0.667 bits per heavy atom. The van der Waals surface area contributed by atoms with Crippen LogP contribution in [0.2, 0.25) is 0 Å². The molecule has 4 nitrogen and oxygen atoms in total. The maximum atomic E-state index is 14.9. The number of hydrogen-bond acceptors (Lipinski definition) is 4. The molecule has 0 N–H and O–H groups in total. The minimum absolute atomic E-state index is 0.00783. The molecule has 0 aliphatic carbocycles. The van der Waals surface area contributed by atoms with Gasteiger partial charge >= 0.3 is 12.2 Å². The smallest absolute Gasteiger partial charge is 0.429 e. The molecule has 0 radical (unpaired) electrons. The summed E-state index contributed by atoms with van der Waals surface area (Å²) in [6, 6.07) is 12.2. The van der Waals surface area contributed by atoms with Gasteiger partial charge in [0, 0.05) is 48.2 Å². The first-order valence-corrected chi connectivity index (χ1v) is 17.8. The van der Waals surface area contributed by atoms with Crippen LogP contribution in [0, 0.1) is 58.2 Å². The van der Waals surface area contributed by atoms with E-state index in [1.165, 1.54) is 48.5 Å². The molecule has 6 aromatic rings. The van der Waals surface area contributed by atoms with E-state index in [4.69, 9.17) is 9.47 Å². The predicted octanol–water partition coefficient (Wildman–Crippen LogP) is 13.5. The predicted molar refractivity (Wildman–Crippen MR) is 190 cm³/mol. The Hall–Kier alpha value is -6.60. The standard InChI is InChI=1S/C43H24F16O4/c44-31-17-25(18-32(45)39(31)52)62-42(56,57)29-11-9-27(35(48)37(29)50)21-1-5-23(6-2-21)60-15-13-41(54,55)14-16-61-24-7-3-22(4-8-24)28-10-12-30(38(51)36(28)49)43(58,59)63-26-19-33(46)40(53)34(47)20-26/h1-12,17-20H,13-16H2. The second-order valence-corrected chi connectivity index (χ2v) is 13.3. The van der Waals surface area contributed by atoms with E-state index in [0.717, 1.165) is 12.1 Å². The summed E-state index contributed by atoms with van der Waals surface area (Å²) in [5.41, 5.74) is -4.46. The molecule has 0 bridgehead atoms. The Morgan fingerprint density at radius 3 is 0.984 bits per heavy atom. The van der Waals surface area contributed by atoms with E-state index in [0.29, 0.717) is 12.1 Å². The van der Waals surface area contributed by atoms with Gasteiger partial charge in [-0.2, -0.15) is 17.6 Å². The topological polar surface area (TPSA) is 36.9 Å². The molecule has 0 amide bonds. The Bertz CT molecular complexity index is 2390. The molecule has 0 aliphatic heterocycles. The van der Waals surface area contributed by atoms with E-state index in [1.54, 1.807) is 0 Å². The fraction of sp³-hybridized carbons (Fsp3) is 0.163. The van der Waals surface area contributed by atoms with E-state index >= 15 is 0 Å². The summed E-state index contributed by atoms with van der Waals surface area (Å²) in [5.74, 6) is -24.9. The van der Waals surface area contributed by atoms with Crippen LogP contribution in [-0.2, 0) is 12.2 Å². The molecule has 0 spiro atoms.